The van der Waals surface area contributed by atoms with Gasteiger partial charge in [-0.3, -0.25) is 33.6 Å². The molecule has 1 aliphatic rings. The molecule has 21 heteroatoms. The predicted molar refractivity (Wildman–Crippen MR) is 284 cm³/mol. The summed E-state index contributed by atoms with van der Waals surface area (Å²) in [5.41, 5.74) is 14.2. The quantitative estimate of drug-likeness (QED) is 0.0533. The van der Waals surface area contributed by atoms with Gasteiger partial charge < -0.3 is 58.9 Å². The lowest BCUT2D eigenvalue weighted by Crippen LogP contribution is -2.62. The van der Waals surface area contributed by atoms with E-state index in [0.29, 0.717) is 35.1 Å². The minimum atomic E-state index is -1.45. The fraction of sp³-hybridized carbons (Fsp3) is 0.396. The fourth-order valence-electron chi connectivity index (χ4n) is 8.10. The van der Waals surface area contributed by atoms with E-state index < -0.39 is 107 Å². The second-order valence-corrected chi connectivity index (χ2v) is 20.9. The highest BCUT2D eigenvalue weighted by atomic mass is 33.1. The van der Waals surface area contributed by atoms with Crippen LogP contribution in [0.1, 0.15) is 68.2 Å². The number of aromatic hydroxyl groups is 1. The van der Waals surface area contributed by atoms with Crippen LogP contribution in [0.2, 0.25) is 0 Å². The van der Waals surface area contributed by atoms with Gasteiger partial charge in [0.25, 0.3) is 0 Å². The molecule has 4 aromatic rings. The molecule has 0 radical (unpaired) electrons. The number of amides is 7. The molecule has 0 saturated carbocycles. The van der Waals surface area contributed by atoms with Crippen molar-refractivity contribution >= 4 is 68.9 Å². The van der Waals surface area contributed by atoms with Crippen molar-refractivity contribution in [3.63, 3.8) is 0 Å². The van der Waals surface area contributed by atoms with Crippen molar-refractivity contribution in [2.75, 3.05) is 18.1 Å². The molecule has 7 amide bonds. The summed E-state index contributed by atoms with van der Waals surface area (Å²) >= 11 is 0. The van der Waals surface area contributed by atoms with Gasteiger partial charge >= 0.3 is 5.97 Å². The van der Waals surface area contributed by atoms with Crippen LogP contribution in [0.3, 0.4) is 0 Å². The van der Waals surface area contributed by atoms with E-state index in [1.54, 1.807) is 117 Å². The summed E-state index contributed by atoms with van der Waals surface area (Å²) in [5, 5.41) is 39.4. The third-order valence-electron chi connectivity index (χ3n) is 12.2. The Bertz CT molecular complexity index is 2470. The van der Waals surface area contributed by atoms with E-state index in [4.69, 9.17) is 11.5 Å². The van der Waals surface area contributed by atoms with Crippen molar-refractivity contribution in [2.24, 2.45) is 17.4 Å². The zero-order chi connectivity index (χ0) is 53.7. The van der Waals surface area contributed by atoms with Gasteiger partial charge in [0.2, 0.25) is 41.4 Å². The van der Waals surface area contributed by atoms with E-state index >= 15 is 9.59 Å². The van der Waals surface area contributed by atoms with Crippen molar-refractivity contribution in [1.82, 2.24) is 37.2 Å². The number of phenols is 1. The first-order valence-electron chi connectivity index (χ1n) is 24.4. The van der Waals surface area contributed by atoms with Gasteiger partial charge in [-0.15, -0.1) is 0 Å². The summed E-state index contributed by atoms with van der Waals surface area (Å²) in [7, 11) is 2.07. The van der Waals surface area contributed by atoms with Crippen LogP contribution in [0.5, 0.6) is 5.75 Å². The normalized spacial score (nSPS) is 21.4. The third-order valence-corrected chi connectivity index (χ3v) is 14.6. The molecule has 1 fully saturated rings. The molecule has 0 spiro atoms. The number of nitrogens with one attached hydrogen (secondary N) is 7. The Kier molecular flexibility index (Phi) is 22.8. The Morgan fingerprint density at radius 3 is 1.68 bits per heavy atom. The fourth-order valence-corrected chi connectivity index (χ4v) is 10.4. The SMILES string of the molecule is CC(C)[C@H](NC(=O)[C@@H]1CSSC[C@H](NC(=O)[C@H](C)N)C(=O)N[C@@H](Cc2ccccc2)C(=O)N[C@@H](C(c2ccccc2)c2ccccc2)C(=O)N[C@@H](CCCCN)C(=O)N[C@@H](Cc2ccc(O)cc2)C(=O)N1)C(=O)O. The predicted octanol–water partition coefficient (Wildman–Crippen LogP) is 2.01. The Labute approximate surface area is 438 Å². The molecule has 1 saturated heterocycles. The van der Waals surface area contributed by atoms with Gasteiger partial charge in [-0.25, -0.2) is 4.79 Å². The van der Waals surface area contributed by atoms with E-state index in [0.717, 1.165) is 21.6 Å². The number of unbranched alkanes of at least 4 members (excludes halogenated alkanes) is 1. The summed E-state index contributed by atoms with van der Waals surface area (Å²) in [4.78, 5) is 114. The minimum absolute atomic E-state index is 0.0379. The Hall–Kier alpha value is -6.94. The number of hydrogen-bond donors (Lipinski definition) is 11. The van der Waals surface area contributed by atoms with E-state index in [-0.39, 0.29) is 43.1 Å². The number of phenolic OH excluding ortho intramolecular Hbond substituents is 1. The first-order valence-corrected chi connectivity index (χ1v) is 26.9. The molecule has 0 aliphatic carbocycles. The molecule has 0 aromatic heterocycles. The van der Waals surface area contributed by atoms with Gasteiger partial charge in [-0.1, -0.05) is 139 Å². The molecule has 0 unspecified atom stereocenters. The topological polar surface area (TPSA) is 313 Å². The second-order valence-electron chi connectivity index (χ2n) is 18.4. The molecule has 396 valence electrons. The summed E-state index contributed by atoms with van der Waals surface area (Å²) < 4.78 is 0. The van der Waals surface area contributed by atoms with Gasteiger partial charge in [0.15, 0.2) is 0 Å². The third kappa shape index (κ3) is 17.6. The van der Waals surface area contributed by atoms with Crippen LogP contribution in [0.15, 0.2) is 115 Å². The van der Waals surface area contributed by atoms with Gasteiger partial charge in [-0.2, -0.15) is 0 Å². The average Bonchev–Trinajstić information content (AvgIpc) is 3.38. The summed E-state index contributed by atoms with van der Waals surface area (Å²) in [5.74, 6) is -8.66. The highest BCUT2D eigenvalue weighted by molar-refractivity contribution is 8.76. The number of rotatable bonds is 17. The molecule has 1 heterocycles. The van der Waals surface area contributed by atoms with Gasteiger partial charge in [0.05, 0.1) is 6.04 Å². The second kappa shape index (κ2) is 29.1. The first kappa shape index (κ1) is 58.0. The highest BCUT2D eigenvalue weighted by Crippen LogP contribution is 2.29. The lowest BCUT2D eigenvalue weighted by atomic mass is 9.84. The molecule has 19 nitrogen and oxygen atoms in total. The molecule has 74 heavy (non-hydrogen) atoms. The molecule has 5 rings (SSSR count). The number of benzene rings is 4. The number of aliphatic carboxylic acids is 1. The van der Waals surface area contributed by atoms with Gasteiger partial charge in [0.1, 0.15) is 48.0 Å². The molecule has 1 aliphatic heterocycles. The van der Waals surface area contributed by atoms with Crippen LogP contribution in [0, 0.1) is 5.92 Å². The molecule has 13 N–H and O–H groups in total. The number of carboxylic acids is 1. The van der Waals surface area contributed by atoms with Crippen molar-refractivity contribution in [3.05, 3.63) is 138 Å². The standard InChI is InChI=1S/C53H67N9O10S2/c1-31(2)44(53(71)72)61-51(69)42-30-74-73-29-41(59-46(64)32(3)55)50(68)58-40(27-33-15-7-4-8-16-33)49(67)62-45(43(35-17-9-5-10-18-35)36-19-11-6-12-20-36)52(70)56-38(21-13-14-26-54)47(65)57-39(48(66)60-42)28-34-22-24-37(63)25-23-34/h4-12,15-20,22-25,31-32,38-45,63H,13-14,21,26-30,54-55H2,1-3H3,(H,56,70)(H,57,65)(H,58,68)(H,59,64)(H,60,66)(H,61,69)(H,62,67)(H,71,72)/t32-,38-,39-,40-,41-,42-,44-,45-/m0/s1. The molecule has 4 aromatic carbocycles. The monoisotopic (exact) mass is 1050 g/mol. The number of hydrogen-bond acceptors (Lipinski definition) is 13. The van der Waals surface area contributed by atoms with Crippen molar-refractivity contribution in [3.8, 4) is 5.75 Å². The van der Waals surface area contributed by atoms with E-state index in [1.165, 1.54) is 19.1 Å². The summed E-state index contributed by atoms with van der Waals surface area (Å²) in [6, 6.07) is 22.0. The number of carbonyl (C=O) groups is 8. The molecule has 8 atom stereocenters. The van der Waals surface area contributed by atoms with Crippen LogP contribution >= 0.6 is 21.6 Å². The van der Waals surface area contributed by atoms with Crippen LogP contribution in [-0.2, 0) is 51.2 Å². The van der Waals surface area contributed by atoms with Crippen molar-refractivity contribution in [1.29, 1.82) is 0 Å². The molecular weight excluding hydrogens is 987 g/mol. The average molecular weight is 1050 g/mol. The van der Waals surface area contributed by atoms with Gasteiger partial charge in [0, 0.05) is 30.3 Å². The smallest absolute Gasteiger partial charge is 0.326 e. The number of carboxylic acid groups (broad SMARTS) is 1. The minimum Gasteiger partial charge on any atom is -0.508 e. The highest BCUT2D eigenvalue weighted by Gasteiger charge is 2.39. The lowest BCUT2D eigenvalue weighted by molar-refractivity contribution is -0.143. The maximum Gasteiger partial charge on any atom is 0.326 e. The lowest BCUT2D eigenvalue weighted by Gasteiger charge is -2.32. The maximum absolute atomic E-state index is 15.3. The Morgan fingerprint density at radius 1 is 0.635 bits per heavy atom. The maximum atomic E-state index is 15.3. The van der Waals surface area contributed by atoms with E-state index in [2.05, 4.69) is 37.2 Å². The van der Waals surface area contributed by atoms with Gasteiger partial charge in [-0.05, 0) is 73.0 Å². The Morgan fingerprint density at radius 2 is 1.14 bits per heavy atom. The zero-order valence-electron chi connectivity index (χ0n) is 41.5. The van der Waals surface area contributed by atoms with Crippen LogP contribution in [-0.4, -0.2) is 124 Å². The van der Waals surface area contributed by atoms with Crippen molar-refractivity contribution < 1.29 is 48.6 Å². The number of carbonyl (C=O) groups excluding carboxylic acids is 7. The largest absolute Gasteiger partial charge is 0.508 e. The summed E-state index contributed by atoms with van der Waals surface area (Å²) in [6.07, 6.45) is 0.630. The van der Waals surface area contributed by atoms with Crippen LogP contribution in [0.4, 0.5) is 0 Å². The summed E-state index contributed by atoms with van der Waals surface area (Å²) in [6.45, 7) is 4.90. The number of nitrogens with two attached hydrogens (primary N) is 2. The van der Waals surface area contributed by atoms with Crippen LogP contribution < -0.4 is 48.7 Å². The Balaban J connectivity index is 1.67. The van der Waals surface area contributed by atoms with E-state index in [1.807, 2.05) is 0 Å². The first-order chi connectivity index (χ1) is 35.4. The van der Waals surface area contributed by atoms with Crippen molar-refractivity contribution in [2.45, 2.75) is 107 Å². The molecular formula is C53H67N9O10S2. The molecule has 0 bridgehead atoms. The van der Waals surface area contributed by atoms with E-state index in [9.17, 15) is 39.0 Å². The zero-order valence-corrected chi connectivity index (χ0v) is 43.2. The van der Waals surface area contributed by atoms with Crippen LogP contribution in [0.25, 0.3) is 0 Å².